The van der Waals surface area contributed by atoms with E-state index in [1.807, 2.05) is 19.9 Å². The summed E-state index contributed by atoms with van der Waals surface area (Å²) in [7, 11) is 1.64. The van der Waals surface area contributed by atoms with Gasteiger partial charge in [-0.2, -0.15) is 0 Å². The summed E-state index contributed by atoms with van der Waals surface area (Å²) in [5.41, 5.74) is 1.46. The summed E-state index contributed by atoms with van der Waals surface area (Å²) >= 11 is 6.01. The van der Waals surface area contributed by atoms with E-state index in [-0.39, 0.29) is 11.9 Å². The van der Waals surface area contributed by atoms with Crippen molar-refractivity contribution in [3.63, 3.8) is 0 Å². The van der Waals surface area contributed by atoms with E-state index in [4.69, 9.17) is 16.3 Å². The Labute approximate surface area is 126 Å². The number of pyridine rings is 1. The molecule has 0 N–H and O–H groups in total. The lowest BCUT2D eigenvalue weighted by molar-refractivity contribution is 0.0579. The molecule has 1 aromatic heterocycles. The van der Waals surface area contributed by atoms with Crippen molar-refractivity contribution in [1.82, 2.24) is 9.88 Å². The lowest BCUT2D eigenvalue weighted by Crippen LogP contribution is -2.41. The molecule has 0 spiro atoms. The second-order valence-electron chi connectivity index (χ2n) is 4.82. The Hall–Kier alpha value is -1.13. The first-order valence-corrected chi connectivity index (χ1v) is 7.37. The van der Waals surface area contributed by atoms with Crippen molar-refractivity contribution in [1.29, 1.82) is 0 Å². The van der Waals surface area contributed by atoms with Crippen molar-refractivity contribution < 1.29 is 9.53 Å². The third-order valence-corrected chi connectivity index (χ3v) is 3.34. The van der Waals surface area contributed by atoms with Crippen LogP contribution in [-0.2, 0) is 11.2 Å². The van der Waals surface area contributed by atoms with Crippen molar-refractivity contribution in [3.8, 4) is 0 Å². The van der Waals surface area contributed by atoms with Gasteiger partial charge in [0.05, 0.1) is 12.6 Å². The van der Waals surface area contributed by atoms with Gasteiger partial charge >= 0.3 is 0 Å². The van der Waals surface area contributed by atoms with Gasteiger partial charge in [-0.15, -0.1) is 0 Å². The maximum absolute atomic E-state index is 12.6. The summed E-state index contributed by atoms with van der Waals surface area (Å²) in [5.74, 6) is -0.0290. The number of rotatable bonds is 7. The first-order valence-electron chi connectivity index (χ1n) is 6.99. The normalized spacial score (nSPS) is 12.2. The van der Waals surface area contributed by atoms with Crippen LogP contribution in [0.5, 0.6) is 0 Å². The molecule has 0 aliphatic carbocycles. The van der Waals surface area contributed by atoms with Crippen LogP contribution in [-0.4, -0.2) is 42.1 Å². The van der Waals surface area contributed by atoms with Gasteiger partial charge in [-0.25, -0.2) is 4.98 Å². The number of hydrogen-bond acceptors (Lipinski definition) is 3. The fourth-order valence-corrected chi connectivity index (χ4v) is 2.44. The predicted molar refractivity (Wildman–Crippen MR) is 81.3 cm³/mol. The zero-order chi connectivity index (χ0) is 15.1. The van der Waals surface area contributed by atoms with Crippen LogP contribution in [0.15, 0.2) is 12.1 Å². The molecule has 1 rings (SSSR count). The van der Waals surface area contributed by atoms with Crippen molar-refractivity contribution in [2.24, 2.45) is 0 Å². The lowest BCUT2D eigenvalue weighted by Gasteiger charge is -2.27. The van der Waals surface area contributed by atoms with E-state index in [0.717, 1.165) is 18.5 Å². The average molecular weight is 299 g/mol. The molecule has 1 atom stereocenters. The first-order chi connectivity index (χ1) is 9.53. The quantitative estimate of drug-likeness (QED) is 0.726. The lowest BCUT2D eigenvalue weighted by atomic mass is 10.1. The summed E-state index contributed by atoms with van der Waals surface area (Å²) in [6.07, 6.45) is 1.79. The Morgan fingerprint density at radius 3 is 2.70 bits per heavy atom. The molecule has 0 radical (unpaired) electrons. The van der Waals surface area contributed by atoms with Crippen LogP contribution in [0.1, 0.15) is 43.2 Å². The molecule has 0 bridgehead atoms. The number of halogens is 1. The highest BCUT2D eigenvalue weighted by molar-refractivity contribution is 6.29. The highest BCUT2D eigenvalue weighted by Crippen LogP contribution is 2.16. The number of carbonyl (C=O) groups is 1. The minimum atomic E-state index is -0.0290. The maximum Gasteiger partial charge on any atom is 0.254 e. The number of aryl methyl sites for hydroxylation is 1. The molecule has 0 aliphatic rings. The Kier molecular flexibility index (Phi) is 6.96. The standard InChI is InChI=1S/C15H23ClN2O2/c1-5-7-13-8-12(9-14(16)17-13)15(19)18(6-2)11(3)10-20-4/h8-9,11H,5-7,10H2,1-4H3. The molecule has 1 unspecified atom stereocenters. The molecule has 20 heavy (non-hydrogen) atoms. The minimum absolute atomic E-state index is 0.0269. The van der Waals surface area contributed by atoms with Crippen molar-refractivity contribution in [2.75, 3.05) is 20.3 Å². The van der Waals surface area contributed by atoms with E-state index in [1.54, 1.807) is 18.1 Å². The Morgan fingerprint density at radius 2 is 2.15 bits per heavy atom. The fourth-order valence-electron chi connectivity index (χ4n) is 2.21. The van der Waals surface area contributed by atoms with E-state index < -0.39 is 0 Å². The minimum Gasteiger partial charge on any atom is -0.383 e. The van der Waals surface area contributed by atoms with E-state index in [9.17, 15) is 4.79 Å². The fraction of sp³-hybridized carbons (Fsp3) is 0.600. The third kappa shape index (κ3) is 4.46. The monoisotopic (exact) mass is 298 g/mol. The largest absolute Gasteiger partial charge is 0.383 e. The molecular formula is C15H23ClN2O2. The van der Waals surface area contributed by atoms with Crippen LogP contribution < -0.4 is 0 Å². The van der Waals surface area contributed by atoms with Gasteiger partial charge in [0.15, 0.2) is 0 Å². The molecule has 1 amide bonds. The van der Waals surface area contributed by atoms with Crippen LogP contribution in [0.3, 0.4) is 0 Å². The predicted octanol–water partition coefficient (Wildman–Crippen LogP) is 3.18. The van der Waals surface area contributed by atoms with Crippen molar-refractivity contribution in [2.45, 2.75) is 39.7 Å². The van der Waals surface area contributed by atoms with Crippen LogP contribution in [0.25, 0.3) is 0 Å². The first kappa shape index (κ1) is 16.9. The molecule has 0 fully saturated rings. The number of nitrogens with zero attached hydrogens (tertiary/aromatic N) is 2. The number of ether oxygens (including phenoxy) is 1. The SMILES string of the molecule is CCCc1cc(C(=O)N(CC)C(C)COC)cc(Cl)n1. The summed E-state index contributed by atoms with van der Waals surface area (Å²) in [6.45, 7) is 7.15. The zero-order valence-corrected chi connectivity index (χ0v) is 13.4. The summed E-state index contributed by atoms with van der Waals surface area (Å²) in [6, 6.07) is 3.49. The highest BCUT2D eigenvalue weighted by atomic mass is 35.5. The zero-order valence-electron chi connectivity index (χ0n) is 12.6. The number of likely N-dealkylation sites (N-methyl/N-ethyl adjacent to an activating group) is 1. The van der Waals surface area contributed by atoms with E-state index in [0.29, 0.717) is 23.9 Å². The molecule has 5 heteroatoms. The second kappa shape index (κ2) is 8.22. The molecular weight excluding hydrogens is 276 g/mol. The maximum atomic E-state index is 12.6. The summed E-state index contributed by atoms with van der Waals surface area (Å²) in [5, 5.41) is 0.370. The highest BCUT2D eigenvalue weighted by Gasteiger charge is 2.20. The van der Waals surface area contributed by atoms with Gasteiger partial charge in [-0.05, 0) is 32.4 Å². The van der Waals surface area contributed by atoms with Crippen LogP contribution in [0.4, 0.5) is 0 Å². The summed E-state index contributed by atoms with van der Waals surface area (Å²) < 4.78 is 5.13. The number of hydrogen-bond donors (Lipinski definition) is 0. The average Bonchev–Trinajstić information content (AvgIpc) is 2.39. The molecule has 0 aliphatic heterocycles. The van der Waals surface area contributed by atoms with E-state index in [1.165, 1.54) is 0 Å². The Balaban J connectivity index is 2.99. The molecule has 1 aromatic rings. The van der Waals surface area contributed by atoms with Crippen LogP contribution in [0.2, 0.25) is 5.15 Å². The topological polar surface area (TPSA) is 42.4 Å². The molecule has 0 saturated carbocycles. The molecule has 0 aromatic carbocycles. The molecule has 4 nitrogen and oxygen atoms in total. The number of amides is 1. The van der Waals surface area contributed by atoms with E-state index in [2.05, 4.69) is 11.9 Å². The number of aromatic nitrogens is 1. The van der Waals surface area contributed by atoms with E-state index >= 15 is 0 Å². The Morgan fingerprint density at radius 1 is 1.45 bits per heavy atom. The van der Waals surface area contributed by atoms with Gasteiger partial charge in [0.1, 0.15) is 5.15 Å². The van der Waals surface area contributed by atoms with Gasteiger partial charge in [0, 0.05) is 24.9 Å². The summed E-state index contributed by atoms with van der Waals surface area (Å²) in [4.78, 5) is 18.6. The van der Waals surface area contributed by atoms with Crippen molar-refractivity contribution >= 4 is 17.5 Å². The Bertz CT molecular complexity index is 451. The second-order valence-corrected chi connectivity index (χ2v) is 5.20. The van der Waals surface area contributed by atoms with Gasteiger partial charge < -0.3 is 9.64 Å². The van der Waals surface area contributed by atoms with Gasteiger partial charge in [-0.3, -0.25) is 4.79 Å². The van der Waals surface area contributed by atoms with Crippen LogP contribution in [0, 0.1) is 0 Å². The molecule has 112 valence electrons. The molecule has 0 saturated heterocycles. The van der Waals surface area contributed by atoms with Crippen molar-refractivity contribution in [3.05, 3.63) is 28.5 Å². The third-order valence-electron chi connectivity index (χ3n) is 3.14. The van der Waals surface area contributed by atoms with Gasteiger partial charge in [-0.1, -0.05) is 24.9 Å². The molecule has 1 heterocycles. The number of methoxy groups -OCH3 is 1. The van der Waals surface area contributed by atoms with Gasteiger partial charge in [0.25, 0.3) is 5.91 Å². The van der Waals surface area contributed by atoms with Gasteiger partial charge in [0.2, 0.25) is 0 Å². The van der Waals surface area contributed by atoms with Crippen LogP contribution >= 0.6 is 11.6 Å². The number of carbonyl (C=O) groups excluding carboxylic acids is 1. The smallest absolute Gasteiger partial charge is 0.254 e.